The van der Waals surface area contributed by atoms with Gasteiger partial charge in [0.05, 0.1) is 0 Å². The van der Waals surface area contributed by atoms with Gasteiger partial charge in [-0.25, -0.2) is 0 Å². The van der Waals surface area contributed by atoms with Crippen LogP contribution < -0.4 is 4.90 Å². The first-order valence-corrected chi connectivity index (χ1v) is 10.9. The van der Waals surface area contributed by atoms with E-state index in [4.69, 9.17) is 4.74 Å². The monoisotopic (exact) mass is 400 g/mol. The maximum Gasteiger partial charge on any atom is 0.299 e. The first-order chi connectivity index (χ1) is 14.7. The maximum absolute atomic E-state index is 10.6. The van der Waals surface area contributed by atoms with Gasteiger partial charge in [-0.2, -0.15) is 5.26 Å². The summed E-state index contributed by atoms with van der Waals surface area (Å²) < 4.78 is 4.78. The quantitative estimate of drug-likeness (QED) is 0.349. The molecule has 0 amide bonds. The Morgan fingerprint density at radius 3 is 2.37 bits per heavy atom. The molecule has 4 heteroatoms. The van der Waals surface area contributed by atoms with Gasteiger partial charge in [-0.3, -0.25) is 4.79 Å². The molecular weight excluding hydrogens is 372 g/mol. The summed E-state index contributed by atoms with van der Waals surface area (Å²) in [5, 5.41) is 9.20. The minimum Gasteiger partial charge on any atom is -0.417 e. The molecule has 1 aliphatic carbocycles. The van der Waals surface area contributed by atoms with Crippen molar-refractivity contribution in [3.63, 3.8) is 0 Å². The molecule has 0 saturated carbocycles. The number of carbonyl (C=O) groups is 1. The van der Waals surface area contributed by atoms with Gasteiger partial charge < -0.3 is 9.64 Å². The lowest BCUT2D eigenvalue weighted by atomic mass is 9.73. The van der Waals surface area contributed by atoms with E-state index in [1.165, 1.54) is 47.2 Å². The molecule has 1 fully saturated rings. The standard InChI is InChI=1S/C26H28N2O2/c1-3-26(4-2)24-15-19(14-21(17-27)30-18-29)8-10-22(24)23-11-9-20(16-25(23)26)28-12-6-5-7-13-28/h8-11,14-16,18H,3-7,12-13H2,1-2H3. The molecule has 0 radical (unpaired) electrons. The van der Waals surface area contributed by atoms with Crippen molar-refractivity contribution in [2.75, 3.05) is 18.0 Å². The van der Waals surface area contributed by atoms with Gasteiger partial charge in [0.2, 0.25) is 5.76 Å². The van der Waals surface area contributed by atoms with E-state index in [1.807, 2.05) is 12.1 Å². The molecule has 0 unspecified atom stereocenters. The van der Waals surface area contributed by atoms with E-state index in [0.29, 0.717) is 6.47 Å². The summed E-state index contributed by atoms with van der Waals surface area (Å²) in [6.07, 6.45) is 7.52. The number of ether oxygens (including phenoxy) is 1. The van der Waals surface area contributed by atoms with E-state index in [1.54, 1.807) is 6.08 Å². The lowest BCUT2D eigenvalue weighted by Crippen LogP contribution is -2.30. The molecule has 2 aromatic rings. The molecule has 1 saturated heterocycles. The fourth-order valence-electron chi connectivity index (χ4n) is 5.25. The molecule has 2 aromatic carbocycles. The average molecular weight is 401 g/mol. The van der Waals surface area contributed by atoms with Crippen LogP contribution >= 0.6 is 0 Å². The van der Waals surface area contributed by atoms with E-state index >= 15 is 0 Å². The third-order valence-electron chi connectivity index (χ3n) is 6.88. The van der Waals surface area contributed by atoms with Crippen molar-refractivity contribution in [2.24, 2.45) is 0 Å². The maximum atomic E-state index is 10.6. The van der Waals surface area contributed by atoms with Crippen LogP contribution in [0.1, 0.15) is 62.6 Å². The normalized spacial score (nSPS) is 17.1. The number of fused-ring (bicyclic) bond motifs is 3. The Morgan fingerprint density at radius 1 is 1.07 bits per heavy atom. The third-order valence-corrected chi connectivity index (χ3v) is 6.88. The number of piperidine rings is 1. The topological polar surface area (TPSA) is 53.3 Å². The van der Waals surface area contributed by atoms with Gasteiger partial charge in [0.1, 0.15) is 6.07 Å². The Morgan fingerprint density at radius 2 is 1.73 bits per heavy atom. The van der Waals surface area contributed by atoms with Crippen molar-refractivity contribution < 1.29 is 9.53 Å². The Bertz CT molecular complexity index is 1020. The highest BCUT2D eigenvalue weighted by atomic mass is 16.5. The van der Waals surface area contributed by atoms with E-state index in [-0.39, 0.29) is 11.2 Å². The summed E-state index contributed by atoms with van der Waals surface area (Å²) in [6, 6.07) is 15.2. The van der Waals surface area contributed by atoms with Crippen molar-refractivity contribution in [1.29, 1.82) is 5.26 Å². The van der Waals surface area contributed by atoms with Crippen LogP contribution in [0.3, 0.4) is 0 Å². The second-order valence-corrected chi connectivity index (χ2v) is 8.21. The lowest BCUT2D eigenvalue weighted by Gasteiger charge is -2.33. The van der Waals surface area contributed by atoms with Crippen LogP contribution in [0.5, 0.6) is 0 Å². The van der Waals surface area contributed by atoms with E-state index in [2.05, 4.69) is 49.1 Å². The third kappa shape index (κ3) is 3.29. The number of nitrogens with zero attached hydrogens (tertiary/aromatic N) is 2. The zero-order valence-electron chi connectivity index (χ0n) is 17.8. The molecule has 0 N–H and O–H groups in total. The Hall–Kier alpha value is -3.06. The molecule has 1 aliphatic heterocycles. The Labute approximate surface area is 178 Å². The highest BCUT2D eigenvalue weighted by Gasteiger charge is 2.40. The SMILES string of the molecule is CCC1(CC)c2cc(C=C(C#N)OC=O)ccc2-c2ccc(N3CCCCC3)cc21. The van der Waals surface area contributed by atoms with Gasteiger partial charge in [0.15, 0.2) is 0 Å². The number of rotatable bonds is 6. The van der Waals surface area contributed by atoms with Gasteiger partial charge >= 0.3 is 0 Å². The minimum absolute atomic E-state index is 0.00597. The Balaban J connectivity index is 1.81. The molecule has 30 heavy (non-hydrogen) atoms. The zero-order valence-corrected chi connectivity index (χ0v) is 17.8. The number of allylic oxidation sites excluding steroid dienone is 1. The van der Waals surface area contributed by atoms with Crippen molar-refractivity contribution in [3.05, 3.63) is 58.8 Å². The molecule has 4 nitrogen and oxygen atoms in total. The number of benzene rings is 2. The molecule has 2 aliphatic rings. The molecular formula is C26H28N2O2. The molecule has 154 valence electrons. The minimum atomic E-state index is -0.0430. The first kappa shape index (κ1) is 20.2. The van der Waals surface area contributed by atoms with Crippen molar-refractivity contribution >= 4 is 18.2 Å². The molecule has 0 spiro atoms. The second kappa shape index (κ2) is 8.36. The average Bonchev–Trinajstić information content (AvgIpc) is 3.08. The molecule has 0 atom stereocenters. The molecule has 0 bridgehead atoms. The number of carbonyl (C=O) groups excluding carboxylic acids is 1. The number of hydrogen-bond acceptors (Lipinski definition) is 4. The zero-order chi connectivity index (χ0) is 21.1. The summed E-state index contributed by atoms with van der Waals surface area (Å²) in [7, 11) is 0. The second-order valence-electron chi connectivity index (χ2n) is 8.21. The lowest BCUT2D eigenvalue weighted by molar-refractivity contribution is -0.124. The largest absolute Gasteiger partial charge is 0.417 e. The van der Waals surface area contributed by atoms with Crippen molar-refractivity contribution in [2.45, 2.75) is 51.4 Å². The van der Waals surface area contributed by atoms with Crippen LogP contribution in [0, 0.1) is 11.3 Å². The Kier molecular flexibility index (Phi) is 5.63. The van der Waals surface area contributed by atoms with Gasteiger partial charge in [-0.15, -0.1) is 0 Å². The smallest absolute Gasteiger partial charge is 0.299 e. The number of anilines is 1. The van der Waals surface area contributed by atoms with Gasteiger partial charge in [0.25, 0.3) is 6.47 Å². The molecule has 0 aromatic heterocycles. The van der Waals surface area contributed by atoms with Gasteiger partial charge in [0, 0.05) is 24.2 Å². The predicted octanol–water partition coefficient (Wildman–Crippen LogP) is 5.80. The summed E-state index contributed by atoms with van der Waals surface area (Å²) in [5.41, 5.74) is 7.46. The van der Waals surface area contributed by atoms with Gasteiger partial charge in [-0.05, 0) is 78.1 Å². The van der Waals surface area contributed by atoms with Gasteiger partial charge in [-0.1, -0.05) is 38.1 Å². The van der Waals surface area contributed by atoms with E-state index in [0.717, 1.165) is 31.5 Å². The first-order valence-electron chi connectivity index (χ1n) is 10.9. The molecule has 1 heterocycles. The summed E-state index contributed by atoms with van der Waals surface area (Å²) in [6.45, 7) is 7.09. The highest BCUT2D eigenvalue weighted by molar-refractivity contribution is 5.84. The van der Waals surface area contributed by atoms with Crippen LogP contribution in [0.15, 0.2) is 42.2 Å². The number of hydrogen-bond donors (Lipinski definition) is 0. The van der Waals surface area contributed by atoms with E-state index in [9.17, 15) is 10.1 Å². The summed E-state index contributed by atoms with van der Waals surface area (Å²) in [5.74, 6) is 0.00597. The van der Waals surface area contributed by atoms with Crippen LogP contribution in [0.2, 0.25) is 0 Å². The summed E-state index contributed by atoms with van der Waals surface area (Å²) in [4.78, 5) is 13.2. The van der Waals surface area contributed by atoms with Crippen LogP contribution in [0.4, 0.5) is 5.69 Å². The fourth-order valence-corrected chi connectivity index (χ4v) is 5.25. The summed E-state index contributed by atoms with van der Waals surface area (Å²) >= 11 is 0. The molecule has 4 rings (SSSR count). The van der Waals surface area contributed by atoms with Crippen LogP contribution in [0.25, 0.3) is 17.2 Å². The van der Waals surface area contributed by atoms with Crippen LogP contribution in [-0.2, 0) is 14.9 Å². The van der Waals surface area contributed by atoms with Crippen molar-refractivity contribution in [3.8, 4) is 17.2 Å². The van der Waals surface area contributed by atoms with Crippen LogP contribution in [-0.4, -0.2) is 19.6 Å². The number of nitriles is 1. The van der Waals surface area contributed by atoms with E-state index < -0.39 is 0 Å². The fraction of sp³-hybridized carbons (Fsp3) is 0.385. The van der Waals surface area contributed by atoms with Crippen molar-refractivity contribution in [1.82, 2.24) is 0 Å². The predicted molar refractivity (Wildman–Crippen MR) is 120 cm³/mol. The highest BCUT2D eigenvalue weighted by Crippen LogP contribution is 2.53.